The van der Waals surface area contributed by atoms with Crippen molar-refractivity contribution in [2.45, 2.75) is 95.6 Å². The molecule has 2 heteroatoms. The summed E-state index contributed by atoms with van der Waals surface area (Å²) < 4.78 is 0. The van der Waals surface area contributed by atoms with Gasteiger partial charge in [-0.25, -0.2) is 0 Å². The maximum absolute atomic E-state index is 3.78. The molecule has 1 N–H and O–H groups in total. The molecule has 21 heavy (non-hydrogen) atoms. The zero-order valence-corrected chi connectivity index (χ0v) is 14.0. The minimum Gasteiger partial charge on any atom is -0.312 e. The van der Waals surface area contributed by atoms with E-state index in [0.29, 0.717) is 0 Å². The molecule has 2 saturated heterocycles. The van der Waals surface area contributed by atoms with Crippen molar-refractivity contribution in [3.63, 3.8) is 0 Å². The van der Waals surface area contributed by atoms with Crippen LogP contribution in [0.3, 0.4) is 0 Å². The van der Waals surface area contributed by atoms with E-state index in [1.807, 2.05) is 0 Å². The summed E-state index contributed by atoms with van der Waals surface area (Å²) in [6, 6.07) is 1.72. The molecule has 1 saturated carbocycles. The van der Waals surface area contributed by atoms with E-state index in [0.717, 1.165) is 18.0 Å². The van der Waals surface area contributed by atoms with Crippen LogP contribution in [0.25, 0.3) is 0 Å². The van der Waals surface area contributed by atoms with Gasteiger partial charge in [0.2, 0.25) is 0 Å². The normalized spacial score (nSPS) is 34.9. The summed E-state index contributed by atoms with van der Waals surface area (Å²) in [6.45, 7) is 4.00. The van der Waals surface area contributed by atoms with E-state index in [9.17, 15) is 0 Å². The lowest BCUT2D eigenvalue weighted by Crippen LogP contribution is -2.41. The molecule has 3 fully saturated rings. The Labute approximate surface area is 132 Å². The van der Waals surface area contributed by atoms with Crippen molar-refractivity contribution < 1.29 is 0 Å². The summed E-state index contributed by atoms with van der Waals surface area (Å²) in [5.74, 6) is 0.958. The molecule has 3 rings (SSSR count). The molecule has 0 radical (unpaired) electrons. The second-order valence-electron chi connectivity index (χ2n) is 7.83. The summed E-state index contributed by atoms with van der Waals surface area (Å²) >= 11 is 0. The number of nitrogens with zero attached hydrogens (tertiary/aromatic N) is 1. The van der Waals surface area contributed by atoms with Crippen molar-refractivity contribution in [3.8, 4) is 0 Å². The van der Waals surface area contributed by atoms with Gasteiger partial charge in [-0.1, -0.05) is 57.8 Å². The highest BCUT2D eigenvalue weighted by atomic mass is 15.2. The summed E-state index contributed by atoms with van der Waals surface area (Å²) in [5.41, 5.74) is 0. The van der Waals surface area contributed by atoms with Gasteiger partial charge in [0.25, 0.3) is 0 Å². The van der Waals surface area contributed by atoms with Gasteiger partial charge < -0.3 is 5.32 Å². The van der Waals surface area contributed by atoms with E-state index in [1.165, 1.54) is 103 Å². The third-order valence-electron chi connectivity index (χ3n) is 6.22. The lowest BCUT2D eigenvalue weighted by Gasteiger charge is -2.28. The maximum Gasteiger partial charge on any atom is 0.0235 e. The first-order chi connectivity index (χ1) is 10.4. The number of fused-ring (bicyclic) bond motifs is 1. The van der Waals surface area contributed by atoms with Crippen LogP contribution < -0.4 is 5.32 Å². The van der Waals surface area contributed by atoms with Crippen molar-refractivity contribution in [2.75, 3.05) is 19.6 Å². The molecule has 2 aliphatic heterocycles. The fourth-order valence-corrected chi connectivity index (χ4v) is 4.89. The van der Waals surface area contributed by atoms with E-state index in [1.54, 1.807) is 0 Å². The van der Waals surface area contributed by atoms with E-state index in [-0.39, 0.29) is 0 Å². The lowest BCUT2D eigenvalue weighted by molar-refractivity contribution is 0.200. The van der Waals surface area contributed by atoms with E-state index in [2.05, 4.69) is 10.2 Å². The highest BCUT2D eigenvalue weighted by Gasteiger charge is 2.36. The van der Waals surface area contributed by atoms with Gasteiger partial charge in [0.1, 0.15) is 0 Å². The third kappa shape index (κ3) is 4.69. The molecule has 1 aliphatic carbocycles. The number of hydrogen-bond acceptors (Lipinski definition) is 2. The molecule has 0 aromatic rings. The highest BCUT2D eigenvalue weighted by Crippen LogP contribution is 2.29. The van der Waals surface area contributed by atoms with E-state index >= 15 is 0 Å². The van der Waals surface area contributed by atoms with Crippen molar-refractivity contribution in [2.24, 2.45) is 5.92 Å². The monoisotopic (exact) mass is 292 g/mol. The predicted molar refractivity (Wildman–Crippen MR) is 90.7 cm³/mol. The first kappa shape index (κ1) is 15.8. The summed E-state index contributed by atoms with van der Waals surface area (Å²) in [6.07, 6.45) is 19.2. The first-order valence-electron chi connectivity index (χ1n) is 9.91. The van der Waals surface area contributed by atoms with Gasteiger partial charge in [0, 0.05) is 25.2 Å². The molecule has 0 aromatic heterocycles. The molecular formula is C19H36N2. The molecule has 3 aliphatic rings. The third-order valence-corrected chi connectivity index (χ3v) is 6.22. The maximum atomic E-state index is 3.78. The van der Waals surface area contributed by atoms with Crippen LogP contribution in [-0.4, -0.2) is 36.6 Å². The Hall–Kier alpha value is -0.0800. The minimum absolute atomic E-state index is 0.820. The van der Waals surface area contributed by atoms with Crippen LogP contribution in [0.4, 0.5) is 0 Å². The minimum atomic E-state index is 0.820. The predicted octanol–water partition coefficient (Wildman–Crippen LogP) is 4.34. The van der Waals surface area contributed by atoms with E-state index in [4.69, 9.17) is 0 Å². The summed E-state index contributed by atoms with van der Waals surface area (Å²) in [7, 11) is 0. The summed E-state index contributed by atoms with van der Waals surface area (Å²) in [5, 5.41) is 3.78. The van der Waals surface area contributed by atoms with Gasteiger partial charge in [-0.2, -0.15) is 0 Å². The van der Waals surface area contributed by atoms with Crippen LogP contribution in [0.2, 0.25) is 0 Å². The second-order valence-corrected chi connectivity index (χ2v) is 7.83. The van der Waals surface area contributed by atoms with Crippen LogP contribution >= 0.6 is 0 Å². The smallest absolute Gasteiger partial charge is 0.0235 e. The molecule has 0 unspecified atom stereocenters. The van der Waals surface area contributed by atoms with Crippen molar-refractivity contribution in [1.82, 2.24) is 10.2 Å². The second kappa shape index (κ2) is 8.53. The van der Waals surface area contributed by atoms with Gasteiger partial charge in [0.05, 0.1) is 0 Å². The number of hydrogen-bond donors (Lipinski definition) is 1. The SMILES string of the molecule is C1CCCCCC(N2C[C@@H]3CCCN[C@@H]3C2)CCCCC1. The van der Waals surface area contributed by atoms with Gasteiger partial charge in [-0.15, -0.1) is 0 Å². The molecule has 122 valence electrons. The summed E-state index contributed by atoms with van der Waals surface area (Å²) in [4.78, 5) is 2.87. The average Bonchev–Trinajstić information content (AvgIpc) is 2.91. The lowest BCUT2D eigenvalue weighted by atomic mass is 9.94. The van der Waals surface area contributed by atoms with Crippen molar-refractivity contribution in [3.05, 3.63) is 0 Å². The van der Waals surface area contributed by atoms with Crippen LogP contribution in [0.5, 0.6) is 0 Å². The zero-order valence-electron chi connectivity index (χ0n) is 14.0. The molecule has 2 heterocycles. The standard InChI is InChI=1S/C19H36N2/c1-2-4-6-8-12-18(13-9-7-5-3-1)21-15-17-11-10-14-20-19(17)16-21/h17-20H,1-16H2/t17-,19+/m0/s1. The molecule has 0 spiro atoms. The molecule has 0 aromatic carbocycles. The Bertz CT molecular complexity index is 265. The Morgan fingerprint density at radius 1 is 0.619 bits per heavy atom. The molecular weight excluding hydrogens is 256 g/mol. The number of rotatable bonds is 1. The highest BCUT2D eigenvalue weighted by molar-refractivity contribution is 4.94. The average molecular weight is 293 g/mol. The van der Waals surface area contributed by atoms with Gasteiger partial charge in [0.15, 0.2) is 0 Å². The first-order valence-corrected chi connectivity index (χ1v) is 9.91. The number of nitrogens with one attached hydrogen (secondary N) is 1. The van der Waals surface area contributed by atoms with Crippen LogP contribution in [0.1, 0.15) is 83.5 Å². The van der Waals surface area contributed by atoms with Gasteiger partial charge >= 0.3 is 0 Å². The van der Waals surface area contributed by atoms with Gasteiger partial charge in [-0.3, -0.25) is 4.90 Å². The van der Waals surface area contributed by atoms with Crippen LogP contribution in [0, 0.1) is 5.92 Å². The molecule has 2 atom stereocenters. The Kier molecular flexibility index (Phi) is 6.42. The number of likely N-dealkylation sites (tertiary alicyclic amines) is 1. The number of piperidine rings is 1. The van der Waals surface area contributed by atoms with Crippen molar-refractivity contribution >= 4 is 0 Å². The fourth-order valence-electron chi connectivity index (χ4n) is 4.89. The quantitative estimate of drug-likeness (QED) is 0.773. The van der Waals surface area contributed by atoms with Crippen molar-refractivity contribution in [1.29, 1.82) is 0 Å². The van der Waals surface area contributed by atoms with E-state index < -0.39 is 0 Å². The van der Waals surface area contributed by atoms with Gasteiger partial charge in [-0.05, 0) is 38.1 Å². The topological polar surface area (TPSA) is 15.3 Å². The molecule has 0 bridgehead atoms. The van der Waals surface area contributed by atoms with Crippen LogP contribution in [-0.2, 0) is 0 Å². The Balaban J connectivity index is 1.50. The van der Waals surface area contributed by atoms with Crippen LogP contribution in [0.15, 0.2) is 0 Å². The molecule has 0 amide bonds. The fraction of sp³-hybridized carbons (Fsp3) is 1.00. The Morgan fingerprint density at radius 2 is 1.24 bits per heavy atom. The zero-order chi connectivity index (χ0) is 14.3. The Morgan fingerprint density at radius 3 is 1.86 bits per heavy atom. The molecule has 2 nitrogen and oxygen atoms in total. The largest absolute Gasteiger partial charge is 0.312 e.